The third kappa shape index (κ3) is 2.62. The maximum Gasteiger partial charge on any atom is 0.274 e. The topological polar surface area (TPSA) is 95.0 Å². The molecule has 2 N–H and O–H groups in total. The maximum absolute atomic E-state index is 12.9. The van der Waals surface area contributed by atoms with E-state index in [-0.39, 0.29) is 18.0 Å². The quantitative estimate of drug-likeness (QED) is 0.769. The summed E-state index contributed by atoms with van der Waals surface area (Å²) in [5.41, 5.74) is 7.66. The normalized spacial score (nSPS) is 17.8. The van der Waals surface area contributed by atoms with Crippen molar-refractivity contribution >= 4 is 28.4 Å². The van der Waals surface area contributed by atoms with Crippen LogP contribution in [0.2, 0.25) is 0 Å². The van der Waals surface area contributed by atoms with Crippen LogP contribution in [0.15, 0.2) is 24.4 Å². The number of nitrogens with zero attached hydrogens (tertiary/aromatic N) is 4. The smallest absolute Gasteiger partial charge is 0.274 e. The Hall–Kier alpha value is -2.87. The number of fused-ring (bicyclic) bond motifs is 3. The molecule has 3 aromatic rings. The monoisotopic (exact) mass is 355 g/mol. The predicted molar refractivity (Wildman–Crippen MR) is 97.4 cm³/mol. The van der Waals surface area contributed by atoms with Gasteiger partial charge in [0.2, 0.25) is 5.95 Å². The van der Waals surface area contributed by atoms with Gasteiger partial charge in [-0.15, -0.1) is 0 Å². The lowest BCUT2D eigenvalue weighted by atomic mass is 10.1. The third-order valence-electron chi connectivity index (χ3n) is 4.86. The minimum Gasteiger partial charge on any atom is -0.494 e. The van der Waals surface area contributed by atoms with Gasteiger partial charge in [-0.05, 0) is 25.0 Å². The molecule has 1 atom stereocenters. The molecule has 26 heavy (non-hydrogen) atoms. The molecule has 0 saturated carbocycles. The molecule has 0 bridgehead atoms. The number of ether oxygens (including phenoxy) is 2. The Kier molecular flexibility index (Phi) is 4.12. The second-order valence-corrected chi connectivity index (χ2v) is 6.40. The van der Waals surface area contributed by atoms with Crippen LogP contribution in [0, 0.1) is 0 Å². The van der Waals surface area contributed by atoms with Gasteiger partial charge in [-0.1, -0.05) is 6.07 Å². The highest BCUT2D eigenvalue weighted by Gasteiger charge is 2.26. The molecule has 1 aliphatic heterocycles. The van der Waals surface area contributed by atoms with E-state index in [9.17, 15) is 4.79 Å². The molecule has 3 heterocycles. The summed E-state index contributed by atoms with van der Waals surface area (Å²) in [6, 6.07) is 5.57. The number of anilines is 1. The number of benzene rings is 1. The van der Waals surface area contributed by atoms with E-state index in [2.05, 4.69) is 9.97 Å². The molecule has 1 fully saturated rings. The lowest BCUT2D eigenvalue weighted by Gasteiger charge is -2.31. The molecule has 8 nitrogen and oxygen atoms in total. The minimum atomic E-state index is -0.120. The first-order chi connectivity index (χ1) is 12.6. The van der Waals surface area contributed by atoms with Crippen molar-refractivity contribution in [2.75, 3.05) is 33.0 Å². The number of hydrogen-bond acceptors (Lipinski definition) is 6. The Labute approximate surface area is 150 Å². The van der Waals surface area contributed by atoms with Crippen molar-refractivity contribution in [1.29, 1.82) is 0 Å². The number of rotatable bonds is 3. The first kappa shape index (κ1) is 16.6. The minimum absolute atomic E-state index is 0.0709. The van der Waals surface area contributed by atoms with Gasteiger partial charge >= 0.3 is 0 Å². The SMILES string of the molecule is COc1cccc2c1nc(N)n1cc(C(=O)N3CCCC(OC)C3)nc21. The molecule has 1 aromatic carbocycles. The van der Waals surface area contributed by atoms with Crippen molar-refractivity contribution in [3.63, 3.8) is 0 Å². The van der Waals surface area contributed by atoms with Gasteiger partial charge in [-0.3, -0.25) is 9.20 Å². The summed E-state index contributed by atoms with van der Waals surface area (Å²) in [6.45, 7) is 1.28. The summed E-state index contributed by atoms with van der Waals surface area (Å²) in [5, 5.41) is 0.783. The highest BCUT2D eigenvalue weighted by Crippen LogP contribution is 2.28. The second-order valence-electron chi connectivity index (χ2n) is 6.40. The van der Waals surface area contributed by atoms with E-state index in [4.69, 9.17) is 15.2 Å². The number of carbonyl (C=O) groups excluding carboxylic acids is 1. The first-order valence-electron chi connectivity index (χ1n) is 8.55. The Morgan fingerprint density at radius 3 is 2.92 bits per heavy atom. The number of piperidine rings is 1. The van der Waals surface area contributed by atoms with E-state index < -0.39 is 0 Å². The summed E-state index contributed by atoms with van der Waals surface area (Å²) < 4.78 is 12.4. The number of amides is 1. The van der Waals surface area contributed by atoms with Crippen molar-refractivity contribution in [2.24, 2.45) is 0 Å². The number of imidazole rings is 1. The highest BCUT2D eigenvalue weighted by atomic mass is 16.5. The molecule has 136 valence electrons. The molecule has 0 spiro atoms. The predicted octanol–water partition coefficient (Wildman–Crippen LogP) is 1.72. The van der Waals surface area contributed by atoms with Crippen molar-refractivity contribution in [1.82, 2.24) is 19.3 Å². The fraction of sp³-hybridized carbons (Fsp3) is 0.389. The fourth-order valence-electron chi connectivity index (χ4n) is 3.48. The van der Waals surface area contributed by atoms with Gasteiger partial charge in [0.05, 0.1) is 13.2 Å². The van der Waals surface area contributed by atoms with Crippen molar-refractivity contribution in [3.8, 4) is 5.75 Å². The number of hydrogen-bond donors (Lipinski definition) is 1. The number of nitrogens with two attached hydrogens (primary N) is 1. The Balaban J connectivity index is 1.79. The molecule has 1 aliphatic rings. The van der Waals surface area contributed by atoms with Gasteiger partial charge in [-0.2, -0.15) is 0 Å². The molecule has 2 aromatic heterocycles. The van der Waals surface area contributed by atoms with Crippen LogP contribution in [0.5, 0.6) is 5.75 Å². The van der Waals surface area contributed by atoms with Crippen molar-refractivity contribution in [3.05, 3.63) is 30.1 Å². The molecule has 0 radical (unpaired) electrons. The Bertz CT molecular complexity index is 984. The summed E-state index contributed by atoms with van der Waals surface area (Å²) in [6.07, 6.45) is 3.60. The van der Waals surface area contributed by atoms with Crippen LogP contribution in [-0.4, -0.2) is 58.6 Å². The van der Waals surface area contributed by atoms with Crippen LogP contribution in [-0.2, 0) is 4.74 Å². The first-order valence-corrected chi connectivity index (χ1v) is 8.55. The molecule has 0 aliphatic carbocycles. The lowest BCUT2D eigenvalue weighted by Crippen LogP contribution is -2.43. The van der Waals surface area contributed by atoms with Gasteiger partial charge in [0, 0.05) is 31.8 Å². The van der Waals surface area contributed by atoms with E-state index in [0.717, 1.165) is 18.2 Å². The summed E-state index contributed by atoms with van der Waals surface area (Å²) in [7, 11) is 3.26. The zero-order chi connectivity index (χ0) is 18.3. The molecule has 1 unspecified atom stereocenters. The van der Waals surface area contributed by atoms with E-state index in [1.165, 1.54) is 0 Å². The van der Waals surface area contributed by atoms with Crippen LogP contribution in [0.3, 0.4) is 0 Å². The number of para-hydroxylation sites is 1. The fourth-order valence-corrected chi connectivity index (χ4v) is 3.48. The summed E-state index contributed by atoms with van der Waals surface area (Å²) >= 11 is 0. The highest BCUT2D eigenvalue weighted by molar-refractivity contribution is 5.99. The largest absolute Gasteiger partial charge is 0.494 e. The Morgan fingerprint density at radius 2 is 2.15 bits per heavy atom. The van der Waals surface area contributed by atoms with Gasteiger partial charge in [0.15, 0.2) is 0 Å². The standard InChI is InChI=1S/C18H21N5O3/c1-25-11-5-4-8-22(9-11)17(24)13-10-23-16(20-13)12-6-3-7-14(26-2)15(12)21-18(23)19/h3,6-7,10-11H,4-5,8-9H2,1-2H3,(H2,19,21). The molecule has 4 rings (SSSR count). The molecular weight excluding hydrogens is 334 g/mol. The van der Waals surface area contributed by atoms with E-state index in [1.807, 2.05) is 18.2 Å². The van der Waals surface area contributed by atoms with Crippen LogP contribution >= 0.6 is 0 Å². The van der Waals surface area contributed by atoms with Crippen LogP contribution in [0.25, 0.3) is 16.6 Å². The third-order valence-corrected chi connectivity index (χ3v) is 4.86. The van der Waals surface area contributed by atoms with Crippen molar-refractivity contribution < 1.29 is 14.3 Å². The van der Waals surface area contributed by atoms with Crippen molar-refractivity contribution in [2.45, 2.75) is 18.9 Å². The number of carbonyl (C=O) groups is 1. The zero-order valence-electron chi connectivity index (χ0n) is 14.8. The molecule has 1 amide bonds. The summed E-state index contributed by atoms with van der Waals surface area (Å²) in [4.78, 5) is 23.7. The number of methoxy groups -OCH3 is 2. The molecule has 1 saturated heterocycles. The van der Waals surface area contributed by atoms with Gasteiger partial charge in [0.25, 0.3) is 5.91 Å². The Morgan fingerprint density at radius 1 is 1.31 bits per heavy atom. The van der Waals surface area contributed by atoms with Crippen LogP contribution in [0.1, 0.15) is 23.3 Å². The lowest BCUT2D eigenvalue weighted by molar-refractivity contribution is 0.0266. The van der Waals surface area contributed by atoms with Gasteiger partial charge < -0.3 is 20.1 Å². The van der Waals surface area contributed by atoms with Crippen LogP contribution in [0.4, 0.5) is 5.95 Å². The number of aromatic nitrogens is 3. The van der Waals surface area contributed by atoms with Gasteiger partial charge in [0.1, 0.15) is 22.6 Å². The van der Waals surface area contributed by atoms with Gasteiger partial charge in [-0.25, -0.2) is 9.97 Å². The molecular formula is C18H21N5O3. The van der Waals surface area contributed by atoms with E-state index in [1.54, 1.807) is 29.7 Å². The van der Waals surface area contributed by atoms with Crippen LogP contribution < -0.4 is 10.5 Å². The average Bonchev–Trinajstić information content (AvgIpc) is 3.13. The summed E-state index contributed by atoms with van der Waals surface area (Å²) in [5.74, 6) is 0.759. The second kappa shape index (κ2) is 6.45. The number of likely N-dealkylation sites (tertiary alicyclic amines) is 1. The zero-order valence-corrected chi connectivity index (χ0v) is 14.8. The van der Waals surface area contributed by atoms with E-state index in [0.29, 0.717) is 35.7 Å². The molecule has 8 heteroatoms. The number of nitrogen functional groups attached to an aromatic ring is 1. The van der Waals surface area contributed by atoms with E-state index >= 15 is 0 Å². The average molecular weight is 355 g/mol. The maximum atomic E-state index is 12.9.